The number of H-pyrrole nitrogens is 1. The number of fused-ring (bicyclic) bond motifs is 1. The van der Waals surface area contributed by atoms with Crippen LogP contribution in [-0.4, -0.2) is 65.9 Å². The Morgan fingerprint density at radius 1 is 1.24 bits per heavy atom. The van der Waals surface area contributed by atoms with Crippen LogP contribution < -0.4 is 4.74 Å². The summed E-state index contributed by atoms with van der Waals surface area (Å²) in [6, 6.07) is 10.4. The van der Waals surface area contributed by atoms with Gasteiger partial charge in [0.25, 0.3) is 11.7 Å². The van der Waals surface area contributed by atoms with Crippen molar-refractivity contribution < 1.29 is 19.4 Å². The van der Waals surface area contributed by atoms with Crippen LogP contribution in [0.4, 0.5) is 0 Å². The van der Waals surface area contributed by atoms with E-state index < -0.39 is 17.7 Å². The molecule has 2 heterocycles. The van der Waals surface area contributed by atoms with Gasteiger partial charge in [-0.05, 0) is 57.7 Å². The van der Waals surface area contributed by atoms with E-state index in [9.17, 15) is 14.7 Å². The van der Waals surface area contributed by atoms with Crippen molar-refractivity contribution in [2.24, 2.45) is 0 Å². The molecule has 2 aromatic carbocycles. The summed E-state index contributed by atoms with van der Waals surface area (Å²) in [4.78, 5) is 33.3. The van der Waals surface area contributed by atoms with Crippen molar-refractivity contribution in [1.82, 2.24) is 14.8 Å². The SMILES string of the molecule is COc1c(Cl)cc(C)cc1/C(O)=C1\C(=O)C(=O)N(CCCN(C)C)C1c1c[nH]c2ccccc12. The number of halogens is 1. The second-order valence-electron chi connectivity index (χ2n) is 8.77. The zero-order chi connectivity index (χ0) is 24.6. The first-order valence-electron chi connectivity index (χ1n) is 11.1. The van der Waals surface area contributed by atoms with Crippen LogP contribution >= 0.6 is 11.6 Å². The molecule has 0 saturated carbocycles. The summed E-state index contributed by atoms with van der Waals surface area (Å²) in [6.45, 7) is 2.96. The van der Waals surface area contributed by atoms with Gasteiger partial charge in [0.05, 0.1) is 29.3 Å². The number of likely N-dealkylation sites (tertiary alicyclic amines) is 1. The Hall–Kier alpha value is -3.29. The molecule has 1 aliphatic heterocycles. The molecule has 3 aromatic rings. The molecule has 1 aromatic heterocycles. The van der Waals surface area contributed by atoms with Gasteiger partial charge in [0.2, 0.25) is 0 Å². The lowest BCUT2D eigenvalue weighted by Gasteiger charge is -2.25. The van der Waals surface area contributed by atoms with E-state index in [1.165, 1.54) is 7.11 Å². The average Bonchev–Trinajstić information content (AvgIpc) is 3.32. The number of carbonyl (C=O) groups is 2. The molecule has 1 saturated heterocycles. The molecule has 0 spiro atoms. The number of amides is 1. The number of hydrogen-bond donors (Lipinski definition) is 2. The first-order valence-corrected chi connectivity index (χ1v) is 11.5. The lowest BCUT2D eigenvalue weighted by Crippen LogP contribution is -2.32. The quantitative estimate of drug-likeness (QED) is 0.294. The van der Waals surface area contributed by atoms with Gasteiger partial charge in [-0.25, -0.2) is 0 Å². The highest BCUT2D eigenvalue weighted by Crippen LogP contribution is 2.44. The van der Waals surface area contributed by atoms with Gasteiger partial charge < -0.3 is 24.6 Å². The summed E-state index contributed by atoms with van der Waals surface area (Å²) >= 11 is 6.36. The van der Waals surface area contributed by atoms with Gasteiger partial charge in [-0.3, -0.25) is 9.59 Å². The van der Waals surface area contributed by atoms with Gasteiger partial charge in [0, 0.05) is 29.2 Å². The number of carbonyl (C=O) groups excluding carboxylic acids is 2. The number of para-hydroxylation sites is 1. The minimum Gasteiger partial charge on any atom is -0.507 e. The number of hydrogen-bond acceptors (Lipinski definition) is 5. The number of benzene rings is 2. The molecule has 0 aliphatic carbocycles. The maximum atomic E-state index is 13.3. The fourth-order valence-electron chi connectivity index (χ4n) is 4.57. The highest BCUT2D eigenvalue weighted by molar-refractivity contribution is 6.46. The molecule has 0 radical (unpaired) electrons. The number of nitrogens with zero attached hydrogens (tertiary/aromatic N) is 2. The van der Waals surface area contributed by atoms with Crippen LogP contribution in [-0.2, 0) is 9.59 Å². The third-order valence-electron chi connectivity index (χ3n) is 6.11. The molecule has 4 rings (SSSR count). The maximum Gasteiger partial charge on any atom is 0.295 e. The fourth-order valence-corrected chi connectivity index (χ4v) is 4.92. The summed E-state index contributed by atoms with van der Waals surface area (Å²) in [5.41, 5.74) is 2.73. The number of methoxy groups -OCH3 is 1. The molecule has 1 atom stereocenters. The number of aromatic nitrogens is 1. The van der Waals surface area contributed by atoms with Crippen molar-refractivity contribution in [3.63, 3.8) is 0 Å². The van der Waals surface area contributed by atoms with Gasteiger partial charge in [-0.2, -0.15) is 0 Å². The van der Waals surface area contributed by atoms with E-state index in [0.29, 0.717) is 18.0 Å². The third-order valence-corrected chi connectivity index (χ3v) is 6.39. The summed E-state index contributed by atoms with van der Waals surface area (Å²) in [5.74, 6) is -1.40. The Bertz CT molecular complexity index is 1290. The van der Waals surface area contributed by atoms with Crippen LogP contribution in [0.15, 0.2) is 48.2 Å². The monoisotopic (exact) mass is 481 g/mol. The number of ketones is 1. The number of ether oxygens (including phenoxy) is 1. The first kappa shape index (κ1) is 23.9. The van der Waals surface area contributed by atoms with E-state index in [4.69, 9.17) is 16.3 Å². The molecular weight excluding hydrogens is 454 g/mol. The van der Waals surface area contributed by atoms with E-state index in [1.54, 1.807) is 23.2 Å². The predicted octanol–water partition coefficient (Wildman–Crippen LogP) is 4.51. The first-order chi connectivity index (χ1) is 16.2. The topological polar surface area (TPSA) is 85.9 Å². The van der Waals surface area contributed by atoms with Gasteiger partial charge in [0.15, 0.2) is 0 Å². The minimum atomic E-state index is -0.748. The van der Waals surface area contributed by atoms with Crippen molar-refractivity contribution >= 4 is 40.0 Å². The fraction of sp³-hybridized carbons (Fsp3) is 0.308. The van der Waals surface area contributed by atoms with Crippen LogP contribution in [0.3, 0.4) is 0 Å². The molecular formula is C26H28ClN3O4. The van der Waals surface area contributed by atoms with Crippen LogP contribution in [0.1, 0.15) is 29.2 Å². The molecule has 1 amide bonds. The molecule has 2 N–H and O–H groups in total. The van der Waals surface area contributed by atoms with Gasteiger partial charge in [-0.1, -0.05) is 29.8 Å². The number of aromatic amines is 1. The zero-order valence-electron chi connectivity index (χ0n) is 19.7. The van der Waals surface area contributed by atoms with Crippen molar-refractivity contribution in [3.05, 3.63) is 69.9 Å². The number of aliphatic hydroxyl groups is 1. The third kappa shape index (κ3) is 4.17. The van der Waals surface area contributed by atoms with E-state index in [1.807, 2.05) is 50.2 Å². The standard InChI is InChI=1S/C26H28ClN3O4/c1-15-12-17(25(34-4)19(27)13-15)23(31)21-22(18-14-28-20-9-6-5-8-16(18)20)30(26(33)24(21)32)11-7-10-29(2)3/h5-6,8-9,12-14,22,28,31H,7,10-11H2,1-4H3/b23-21+. The Labute approximate surface area is 203 Å². The lowest BCUT2D eigenvalue weighted by atomic mass is 9.94. The predicted molar refractivity (Wildman–Crippen MR) is 133 cm³/mol. The molecule has 1 aliphatic rings. The smallest absolute Gasteiger partial charge is 0.295 e. The van der Waals surface area contributed by atoms with Gasteiger partial charge in [-0.15, -0.1) is 0 Å². The number of aliphatic hydroxyl groups excluding tert-OH is 1. The summed E-state index contributed by atoms with van der Waals surface area (Å²) in [7, 11) is 5.36. The van der Waals surface area contributed by atoms with E-state index in [0.717, 1.165) is 28.6 Å². The van der Waals surface area contributed by atoms with Gasteiger partial charge >= 0.3 is 0 Å². The molecule has 34 heavy (non-hydrogen) atoms. The van der Waals surface area contributed by atoms with Crippen LogP contribution in [0.25, 0.3) is 16.7 Å². The normalized spacial score (nSPS) is 17.8. The molecule has 7 nitrogen and oxygen atoms in total. The number of rotatable bonds is 7. The van der Waals surface area contributed by atoms with Crippen LogP contribution in [0.2, 0.25) is 5.02 Å². The van der Waals surface area contributed by atoms with E-state index in [2.05, 4.69) is 4.98 Å². The lowest BCUT2D eigenvalue weighted by molar-refractivity contribution is -0.139. The second kappa shape index (κ2) is 9.52. The largest absolute Gasteiger partial charge is 0.507 e. The zero-order valence-corrected chi connectivity index (χ0v) is 20.4. The van der Waals surface area contributed by atoms with E-state index >= 15 is 0 Å². The summed E-state index contributed by atoms with van der Waals surface area (Å²) < 4.78 is 5.44. The number of nitrogens with one attached hydrogen (secondary N) is 1. The summed E-state index contributed by atoms with van der Waals surface area (Å²) in [5, 5.41) is 12.7. The second-order valence-corrected chi connectivity index (χ2v) is 9.17. The van der Waals surface area contributed by atoms with E-state index in [-0.39, 0.29) is 22.6 Å². The Morgan fingerprint density at radius 2 is 1.97 bits per heavy atom. The number of Topliss-reactive ketones (excluding diaryl/α,β-unsaturated/α-hetero) is 1. The van der Waals surface area contributed by atoms with Crippen LogP contribution in [0, 0.1) is 6.92 Å². The molecule has 178 valence electrons. The van der Waals surface area contributed by atoms with Crippen molar-refractivity contribution in [2.45, 2.75) is 19.4 Å². The Kier molecular flexibility index (Phi) is 6.68. The van der Waals surface area contributed by atoms with Gasteiger partial charge in [0.1, 0.15) is 11.5 Å². The van der Waals surface area contributed by atoms with Crippen molar-refractivity contribution in [1.29, 1.82) is 0 Å². The van der Waals surface area contributed by atoms with Crippen molar-refractivity contribution in [3.8, 4) is 5.75 Å². The summed E-state index contributed by atoms with van der Waals surface area (Å²) in [6.07, 6.45) is 2.48. The van der Waals surface area contributed by atoms with Crippen molar-refractivity contribution in [2.75, 3.05) is 34.3 Å². The highest BCUT2D eigenvalue weighted by Gasteiger charge is 2.47. The minimum absolute atomic E-state index is 0.0274. The Morgan fingerprint density at radius 3 is 2.68 bits per heavy atom. The highest BCUT2D eigenvalue weighted by atomic mass is 35.5. The molecule has 1 fully saturated rings. The Balaban J connectivity index is 1.93. The number of aryl methyl sites for hydroxylation is 1. The molecule has 8 heteroatoms. The average molecular weight is 482 g/mol. The maximum absolute atomic E-state index is 13.3. The molecule has 0 bridgehead atoms. The molecule has 1 unspecified atom stereocenters. The van der Waals surface area contributed by atoms with Crippen LogP contribution in [0.5, 0.6) is 5.75 Å².